The number of amidine groups is 1. The van der Waals surface area contributed by atoms with Crippen LogP contribution in [0.1, 0.15) is 5.56 Å². The van der Waals surface area contributed by atoms with Gasteiger partial charge in [-0.25, -0.2) is 9.98 Å². The lowest BCUT2D eigenvalue weighted by Gasteiger charge is -1.95. The quantitative estimate of drug-likeness (QED) is 0.621. The summed E-state index contributed by atoms with van der Waals surface area (Å²) in [5.41, 5.74) is 0.869. The molecule has 0 aromatic carbocycles. The Bertz CT molecular complexity index is 411. The van der Waals surface area contributed by atoms with Gasteiger partial charge < -0.3 is 0 Å². The highest BCUT2D eigenvalue weighted by Gasteiger charge is 1.99. The largest absolute Gasteiger partial charge is 0.264 e. The van der Waals surface area contributed by atoms with Crippen molar-refractivity contribution in [3.8, 4) is 0 Å². The van der Waals surface area contributed by atoms with Crippen LogP contribution in [0.2, 0.25) is 0 Å². The van der Waals surface area contributed by atoms with Crippen LogP contribution in [-0.4, -0.2) is 23.0 Å². The van der Waals surface area contributed by atoms with E-state index in [0.717, 1.165) is 5.56 Å². The van der Waals surface area contributed by atoms with Gasteiger partial charge in [0.25, 0.3) is 0 Å². The Kier molecular flexibility index (Phi) is 2.08. The molecule has 1 aliphatic heterocycles. The Labute approximate surface area is 75.1 Å². The molecular formula is C9H6N4. The van der Waals surface area contributed by atoms with Gasteiger partial charge in [-0.05, 0) is 12.1 Å². The number of aromatic nitrogens is 1. The Morgan fingerprint density at radius 1 is 1.31 bits per heavy atom. The van der Waals surface area contributed by atoms with Gasteiger partial charge in [-0.2, -0.15) is 4.99 Å². The molecule has 0 aliphatic carbocycles. The molecule has 0 radical (unpaired) electrons. The SMILES string of the molecule is C1=CN=C(c2cccnc2)N=CN=1. The van der Waals surface area contributed by atoms with E-state index in [-0.39, 0.29) is 0 Å². The second-order valence-electron chi connectivity index (χ2n) is 2.33. The number of aliphatic imine (C=N–C) groups is 3. The van der Waals surface area contributed by atoms with Crippen molar-refractivity contribution in [2.24, 2.45) is 15.0 Å². The van der Waals surface area contributed by atoms with Crippen molar-refractivity contribution in [2.75, 3.05) is 0 Å². The zero-order chi connectivity index (χ0) is 8.93. The molecule has 13 heavy (non-hydrogen) atoms. The summed E-state index contributed by atoms with van der Waals surface area (Å²) in [6.07, 6.45) is 6.30. The molecule has 1 aromatic heterocycles. The third kappa shape index (κ3) is 1.75. The Morgan fingerprint density at radius 2 is 2.31 bits per heavy atom. The maximum absolute atomic E-state index is 4.04. The van der Waals surface area contributed by atoms with Crippen LogP contribution in [0.3, 0.4) is 0 Å². The molecule has 4 nitrogen and oxygen atoms in total. The van der Waals surface area contributed by atoms with Gasteiger partial charge in [0, 0.05) is 23.8 Å². The number of hydrogen-bond donors (Lipinski definition) is 0. The molecular weight excluding hydrogens is 164 g/mol. The number of rotatable bonds is 1. The molecule has 0 saturated heterocycles. The summed E-state index contributed by atoms with van der Waals surface area (Å²) in [6.45, 7) is 0. The summed E-state index contributed by atoms with van der Waals surface area (Å²) in [4.78, 5) is 15.7. The number of nitrogens with zero attached hydrogens (tertiary/aromatic N) is 4. The average molecular weight is 170 g/mol. The zero-order valence-electron chi connectivity index (χ0n) is 6.75. The van der Waals surface area contributed by atoms with E-state index in [9.17, 15) is 0 Å². The predicted octanol–water partition coefficient (Wildman–Crippen LogP) is 1.05. The average Bonchev–Trinajstić information content (AvgIpc) is 2.47. The maximum atomic E-state index is 4.04. The van der Waals surface area contributed by atoms with Gasteiger partial charge in [0.1, 0.15) is 6.34 Å². The van der Waals surface area contributed by atoms with Crippen LogP contribution >= 0.6 is 0 Å². The molecule has 62 valence electrons. The first-order valence-electron chi connectivity index (χ1n) is 3.74. The van der Waals surface area contributed by atoms with Crippen molar-refractivity contribution in [3.05, 3.63) is 36.3 Å². The molecule has 0 atom stereocenters. The van der Waals surface area contributed by atoms with Crippen LogP contribution in [0.5, 0.6) is 0 Å². The molecule has 4 heteroatoms. The highest BCUT2D eigenvalue weighted by molar-refractivity contribution is 6.04. The summed E-state index contributed by atoms with van der Waals surface area (Å²) in [5, 5.41) is 0. The normalized spacial score (nSPS) is 14.0. The van der Waals surface area contributed by atoms with E-state index in [1.54, 1.807) is 12.4 Å². The van der Waals surface area contributed by atoms with Crippen molar-refractivity contribution in [3.63, 3.8) is 0 Å². The minimum Gasteiger partial charge on any atom is -0.264 e. The zero-order valence-corrected chi connectivity index (χ0v) is 6.75. The van der Waals surface area contributed by atoms with E-state index in [1.807, 2.05) is 12.1 Å². The van der Waals surface area contributed by atoms with Crippen molar-refractivity contribution in [1.82, 2.24) is 4.98 Å². The molecule has 2 rings (SSSR count). The fourth-order valence-electron chi connectivity index (χ4n) is 0.918. The first-order valence-corrected chi connectivity index (χ1v) is 3.74. The van der Waals surface area contributed by atoms with Gasteiger partial charge in [-0.1, -0.05) is 0 Å². The summed E-state index contributed by atoms with van der Waals surface area (Å²) < 4.78 is 0. The minimum atomic E-state index is 0.599. The minimum absolute atomic E-state index is 0.599. The predicted molar refractivity (Wildman–Crippen MR) is 51.3 cm³/mol. The fourth-order valence-corrected chi connectivity index (χ4v) is 0.918. The van der Waals surface area contributed by atoms with Crippen LogP contribution in [0.15, 0.2) is 45.7 Å². The lowest BCUT2D eigenvalue weighted by molar-refractivity contribution is 1.30. The Balaban J connectivity index is 2.39. The Morgan fingerprint density at radius 3 is 3.15 bits per heavy atom. The van der Waals surface area contributed by atoms with Gasteiger partial charge in [0.15, 0.2) is 5.84 Å². The third-order valence-corrected chi connectivity index (χ3v) is 1.48. The van der Waals surface area contributed by atoms with Gasteiger partial charge in [-0.15, -0.1) is 0 Å². The van der Waals surface area contributed by atoms with Crippen LogP contribution in [0.4, 0.5) is 0 Å². The summed E-state index contributed by atoms with van der Waals surface area (Å²) in [5.74, 6) is 3.19. The van der Waals surface area contributed by atoms with Gasteiger partial charge >= 0.3 is 0 Å². The summed E-state index contributed by atoms with van der Waals surface area (Å²) >= 11 is 0. The topological polar surface area (TPSA) is 50.0 Å². The lowest BCUT2D eigenvalue weighted by atomic mass is 10.3. The highest BCUT2D eigenvalue weighted by Crippen LogP contribution is 2.00. The van der Waals surface area contributed by atoms with E-state index in [2.05, 4.69) is 25.8 Å². The molecule has 0 unspecified atom stereocenters. The number of pyridine rings is 1. The lowest BCUT2D eigenvalue weighted by Crippen LogP contribution is -1.96. The maximum Gasteiger partial charge on any atom is 0.163 e. The van der Waals surface area contributed by atoms with Crippen molar-refractivity contribution < 1.29 is 0 Å². The smallest absolute Gasteiger partial charge is 0.163 e. The van der Waals surface area contributed by atoms with E-state index >= 15 is 0 Å². The van der Waals surface area contributed by atoms with Crippen LogP contribution in [-0.2, 0) is 0 Å². The van der Waals surface area contributed by atoms with Gasteiger partial charge in [0.05, 0.1) is 6.20 Å². The van der Waals surface area contributed by atoms with Gasteiger partial charge in [0.2, 0.25) is 0 Å². The molecule has 0 N–H and O–H groups in total. The molecule has 0 bridgehead atoms. The van der Waals surface area contributed by atoms with E-state index < -0.39 is 0 Å². The highest BCUT2D eigenvalue weighted by atomic mass is 15.0. The van der Waals surface area contributed by atoms with Crippen molar-refractivity contribution >= 4 is 18.0 Å². The van der Waals surface area contributed by atoms with Crippen LogP contribution in [0, 0.1) is 0 Å². The Hall–Kier alpha value is -2.06. The summed E-state index contributed by atoms with van der Waals surface area (Å²) in [6, 6.07) is 3.73. The van der Waals surface area contributed by atoms with E-state index in [4.69, 9.17) is 0 Å². The van der Waals surface area contributed by atoms with Crippen molar-refractivity contribution in [1.29, 1.82) is 0 Å². The monoisotopic (exact) mass is 170 g/mol. The standard InChI is InChI=1S/C9H6N4/c1-2-8(6-10-3-1)9-12-5-4-11-7-13-9/h1-3,5-7H. The van der Waals surface area contributed by atoms with Gasteiger partial charge in [-0.3, -0.25) is 4.98 Å². The first kappa shape index (κ1) is 7.58. The fraction of sp³-hybridized carbons (Fsp3) is 0. The molecule has 1 aromatic rings. The van der Waals surface area contributed by atoms with Crippen LogP contribution in [0.25, 0.3) is 0 Å². The molecule has 0 spiro atoms. The molecule has 0 amide bonds. The third-order valence-electron chi connectivity index (χ3n) is 1.48. The molecule has 1 aliphatic rings. The number of hydrogen-bond acceptors (Lipinski definition) is 4. The van der Waals surface area contributed by atoms with E-state index in [1.165, 1.54) is 12.5 Å². The van der Waals surface area contributed by atoms with E-state index in [0.29, 0.717) is 5.84 Å². The second kappa shape index (κ2) is 3.56. The molecule has 2 heterocycles. The first-order chi connectivity index (χ1) is 6.47. The van der Waals surface area contributed by atoms with Crippen molar-refractivity contribution in [2.45, 2.75) is 0 Å². The summed E-state index contributed by atoms with van der Waals surface area (Å²) in [7, 11) is 0. The van der Waals surface area contributed by atoms with Crippen LogP contribution < -0.4 is 0 Å². The molecule has 0 saturated carbocycles. The second-order valence-corrected chi connectivity index (χ2v) is 2.33. The molecule has 0 fully saturated rings.